The summed E-state index contributed by atoms with van der Waals surface area (Å²) in [4.78, 5) is 12.0. The molecule has 3 rings (SSSR count). The van der Waals surface area contributed by atoms with Crippen molar-refractivity contribution in [2.45, 2.75) is 6.54 Å². The number of benzene rings is 2. The van der Waals surface area contributed by atoms with E-state index < -0.39 is 17.6 Å². The van der Waals surface area contributed by atoms with Crippen LogP contribution in [0.5, 0.6) is 0 Å². The molecule has 0 spiro atoms. The van der Waals surface area contributed by atoms with E-state index in [0.717, 1.165) is 22.0 Å². The van der Waals surface area contributed by atoms with Crippen molar-refractivity contribution in [3.63, 3.8) is 0 Å². The molecule has 1 heterocycles. The summed E-state index contributed by atoms with van der Waals surface area (Å²) < 4.78 is 33.5. The second kappa shape index (κ2) is 6.08. The van der Waals surface area contributed by atoms with E-state index in [1.54, 1.807) is 16.9 Å². The lowest BCUT2D eigenvalue weighted by Crippen LogP contribution is -2.08. The van der Waals surface area contributed by atoms with Gasteiger partial charge in [-0.15, -0.1) is 0 Å². The van der Waals surface area contributed by atoms with E-state index in [9.17, 15) is 13.6 Å². The normalized spacial score (nSPS) is 11.0. The summed E-state index contributed by atoms with van der Waals surface area (Å²) in [5, 5.41) is 4.97. The van der Waals surface area contributed by atoms with E-state index in [-0.39, 0.29) is 6.54 Å². The Labute approximate surface area is 138 Å². The van der Waals surface area contributed by atoms with E-state index in [2.05, 4.69) is 21.0 Å². The molecule has 0 aliphatic carbocycles. The first-order valence-electron chi connectivity index (χ1n) is 6.67. The number of carbonyl (C=O) groups is 1. The SMILES string of the molecule is COC(=O)c1cc(Br)cc2cnn(Cc3ccc(F)c(F)c3)c12. The summed E-state index contributed by atoms with van der Waals surface area (Å²) in [6, 6.07) is 7.10. The Kier molecular flexibility index (Phi) is 4.12. The molecule has 0 saturated carbocycles. The van der Waals surface area contributed by atoms with Gasteiger partial charge < -0.3 is 4.74 Å². The molecular formula is C16H11BrF2N2O2. The van der Waals surface area contributed by atoms with E-state index >= 15 is 0 Å². The smallest absolute Gasteiger partial charge is 0.340 e. The Morgan fingerprint density at radius 2 is 2.04 bits per heavy atom. The van der Waals surface area contributed by atoms with Gasteiger partial charge >= 0.3 is 5.97 Å². The van der Waals surface area contributed by atoms with Crippen LogP contribution in [0, 0.1) is 11.6 Å². The van der Waals surface area contributed by atoms with E-state index in [1.807, 2.05) is 6.07 Å². The second-order valence-corrected chi connectivity index (χ2v) is 5.85. The average Bonchev–Trinajstić information content (AvgIpc) is 2.92. The summed E-state index contributed by atoms with van der Waals surface area (Å²) in [6.45, 7) is 0.201. The first-order valence-corrected chi connectivity index (χ1v) is 7.46. The number of halogens is 3. The van der Waals surface area contributed by atoms with Gasteiger partial charge in [-0.25, -0.2) is 13.6 Å². The zero-order chi connectivity index (χ0) is 16.6. The zero-order valence-electron chi connectivity index (χ0n) is 12.0. The summed E-state index contributed by atoms with van der Waals surface area (Å²) in [5.41, 5.74) is 1.45. The molecule has 7 heteroatoms. The maximum atomic E-state index is 13.4. The molecule has 2 aromatic carbocycles. The van der Waals surface area contributed by atoms with E-state index in [4.69, 9.17) is 4.74 Å². The number of rotatable bonds is 3. The van der Waals surface area contributed by atoms with Gasteiger partial charge in [0.05, 0.1) is 30.9 Å². The van der Waals surface area contributed by atoms with Crippen LogP contribution in [-0.2, 0) is 11.3 Å². The highest BCUT2D eigenvalue weighted by Crippen LogP contribution is 2.26. The number of carbonyl (C=O) groups excluding carboxylic acids is 1. The molecular weight excluding hydrogens is 370 g/mol. The molecule has 0 saturated heterocycles. The Balaban J connectivity index is 2.11. The number of esters is 1. The van der Waals surface area contributed by atoms with Crippen LogP contribution >= 0.6 is 15.9 Å². The molecule has 0 aliphatic rings. The highest BCUT2D eigenvalue weighted by Gasteiger charge is 2.17. The molecule has 4 nitrogen and oxygen atoms in total. The Morgan fingerprint density at radius 3 is 2.74 bits per heavy atom. The molecule has 0 N–H and O–H groups in total. The van der Waals surface area contributed by atoms with Gasteiger partial charge in [0.2, 0.25) is 0 Å². The predicted octanol–water partition coefficient (Wildman–Crippen LogP) is 3.91. The van der Waals surface area contributed by atoms with Crippen LogP contribution in [0.2, 0.25) is 0 Å². The van der Waals surface area contributed by atoms with Crippen molar-refractivity contribution in [2.24, 2.45) is 0 Å². The number of hydrogen-bond donors (Lipinski definition) is 0. The van der Waals surface area contributed by atoms with E-state index in [0.29, 0.717) is 16.6 Å². The van der Waals surface area contributed by atoms with E-state index in [1.165, 1.54) is 13.2 Å². The van der Waals surface area contributed by atoms with Gasteiger partial charge in [0.15, 0.2) is 11.6 Å². The van der Waals surface area contributed by atoms with Crippen molar-refractivity contribution in [2.75, 3.05) is 7.11 Å². The summed E-state index contributed by atoms with van der Waals surface area (Å²) in [6.07, 6.45) is 1.60. The van der Waals surface area contributed by atoms with Crippen LogP contribution in [0.1, 0.15) is 15.9 Å². The molecule has 0 radical (unpaired) electrons. The first-order chi connectivity index (χ1) is 11.0. The highest BCUT2D eigenvalue weighted by atomic mass is 79.9. The van der Waals surface area contributed by atoms with Crippen molar-refractivity contribution in [1.82, 2.24) is 9.78 Å². The zero-order valence-corrected chi connectivity index (χ0v) is 13.6. The number of hydrogen-bond acceptors (Lipinski definition) is 3. The molecule has 1 aromatic heterocycles. The van der Waals surface area contributed by atoms with Crippen molar-refractivity contribution in [3.05, 3.63) is 63.8 Å². The van der Waals surface area contributed by atoms with Crippen molar-refractivity contribution >= 4 is 32.8 Å². The third-order valence-corrected chi connectivity index (χ3v) is 3.88. The summed E-state index contributed by atoms with van der Waals surface area (Å²) in [7, 11) is 1.30. The number of ether oxygens (including phenoxy) is 1. The maximum absolute atomic E-state index is 13.4. The minimum atomic E-state index is -0.921. The summed E-state index contributed by atoms with van der Waals surface area (Å²) in [5.74, 6) is -2.32. The van der Waals surface area contributed by atoms with Gasteiger partial charge in [0.25, 0.3) is 0 Å². The molecule has 3 aromatic rings. The standard InChI is InChI=1S/C16H11BrF2N2O2/c1-23-16(22)12-6-11(17)5-10-7-20-21(15(10)12)8-9-2-3-13(18)14(19)4-9/h2-7H,8H2,1H3. The van der Waals surface area contributed by atoms with Crippen LogP contribution in [-0.4, -0.2) is 22.9 Å². The third kappa shape index (κ3) is 2.96. The van der Waals surface area contributed by atoms with Crippen molar-refractivity contribution in [3.8, 4) is 0 Å². The fourth-order valence-electron chi connectivity index (χ4n) is 2.39. The molecule has 23 heavy (non-hydrogen) atoms. The van der Waals surface area contributed by atoms with Crippen LogP contribution in [0.3, 0.4) is 0 Å². The fourth-order valence-corrected chi connectivity index (χ4v) is 2.87. The quantitative estimate of drug-likeness (QED) is 0.647. The Bertz CT molecular complexity index is 908. The van der Waals surface area contributed by atoms with Gasteiger partial charge in [0, 0.05) is 9.86 Å². The van der Waals surface area contributed by atoms with Gasteiger partial charge in [-0.2, -0.15) is 5.10 Å². The molecule has 0 atom stereocenters. The largest absolute Gasteiger partial charge is 0.465 e. The third-order valence-electron chi connectivity index (χ3n) is 3.42. The number of methoxy groups -OCH3 is 1. The molecule has 0 amide bonds. The highest BCUT2D eigenvalue weighted by molar-refractivity contribution is 9.10. The van der Waals surface area contributed by atoms with Gasteiger partial charge in [0.1, 0.15) is 0 Å². The molecule has 0 aliphatic heterocycles. The van der Waals surface area contributed by atoms with Gasteiger partial charge in [-0.05, 0) is 29.8 Å². The molecule has 0 bridgehead atoms. The Hall–Kier alpha value is -2.28. The lowest BCUT2D eigenvalue weighted by molar-refractivity contribution is 0.0602. The van der Waals surface area contributed by atoms with Crippen LogP contribution < -0.4 is 0 Å². The maximum Gasteiger partial charge on any atom is 0.340 e. The van der Waals surface area contributed by atoms with Gasteiger partial charge in [-0.3, -0.25) is 4.68 Å². The number of nitrogens with zero attached hydrogens (tertiary/aromatic N) is 2. The molecule has 0 fully saturated rings. The van der Waals surface area contributed by atoms with Gasteiger partial charge in [-0.1, -0.05) is 22.0 Å². The number of aromatic nitrogens is 2. The molecule has 0 unspecified atom stereocenters. The van der Waals surface area contributed by atoms with Crippen molar-refractivity contribution < 1.29 is 18.3 Å². The van der Waals surface area contributed by atoms with Crippen LogP contribution in [0.15, 0.2) is 41.0 Å². The fraction of sp³-hybridized carbons (Fsp3) is 0.125. The first kappa shape index (κ1) is 15.6. The monoisotopic (exact) mass is 380 g/mol. The van der Waals surface area contributed by atoms with Crippen molar-refractivity contribution in [1.29, 1.82) is 0 Å². The second-order valence-electron chi connectivity index (χ2n) is 4.93. The minimum Gasteiger partial charge on any atom is -0.465 e. The predicted molar refractivity (Wildman–Crippen MR) is 84.2 cm³/mol. The lowest BCUT2D eigenvalue weighted by atomic mass is 10.1. The lowest BCUT2D eigenvalue weighted by Gasteiger charge is -2.08. The topological polar surface area (TPSA) is 44.1 Å². The average molecular weight is 381 g/mol. The van der Waals surface area contributed by atoms with Crippen LogP contribution in [0.4, 0.5) is 8.78 Å². The Morgan fingerprint density at radius 1 is 1.26 bits per heavy atom. The molecule has 118 valence electrons. The summed E-state index contributed by atoms with van der Waals surface area (Å²) >= 11 is 3.34. The van der Waals surface area contributed by atoms with Crippen LogP contribution in [0.25, 0.3) is 10.9 Å². The number of fused-ring (bicyclic) bond motifs is 1. The minimum absolute atomic E-state index is 0.201.